The van der Waals surface area contributed by atoms with Crippen LogP contribution in [0.3, 0.4) is 0 Å². The van der Waals surface area contributed by atoms with E-state index in [9.17, 15) is 0 Å². The van der Waals surface area contributed by atoms with E-state index >= 15 is 0 Å². The largest absolute Gasteiger partial charge is 0.496 e. The van der Waals surface area contributed by atoms with Crippen LogP contribution < -0.4 is 4.74 Å². The monoisotopic (exact) mass is 235 g/mol. The molecule has 0 aliphatic carbocycles. The maximum atomic E-state index is 8.82. The van der Waals surface area contributed by atoms with E-state index in [0.717, 1.165) is 17.7 Å². The zero-order valence-corrected chi connectivity index (χ0v) is 10.2. The van der Waals surface area contributed by atoms with E-state index in [1.807, 2.05) is 0 Å². The number of benzene rings is 1. The fraction of sp³-hybridized carbons (Fsp3) is 0.462. The van der Waals surface area contributed by atoms with E-state index < -0.39 is 0 Å². The van der Waals surface area contributed by atoms with Crippen molar-refractivity contribution in [3.63, 3.8) is 0 Å². The predicted octanol–water partition coefficient (Wildman–Crippen LogP) is 2.12. The number of rotatable bonds is 7. The summed E-state index contributed by atoms with van der Waals surface area (Å²) in [6, 6.07) is 7.40. The molecule has 0 atom stereocenters. The average Bonchev–Trinajstić information content (AvgIpc) is 2.38. The van der Waals surface area contributed by atoms with Crippen molar-refractivity contribution >= 4 is 0 Å². The molecular formula is C13H17NO3. The minimum absolute atomic E-state index is 0.447. The Hall–Kier alpha value is -1.57. The molecule has 1 aromatic rings. The lowest BCUT2D eigenvalue weighted by Crippen LogP contribution is -2.01. The summed E-state index contributed by atoms with van der Waals surface area (Å²) in [5.74, 6) is 0.746. The van der Waals surface area contributed by atoms with Gasteiger partial charge in [-0.1, -0.05) is 0 Å². The second-order valence-electron chi connectivity index (χ2n) is 3.54. The molecule has 0 unspecified atom stereocenters. The van der Waals surface area contributed by atoms with Crippen molar-refractivity contribution in [2.45, 2.75) is 13.0 Å². The van der Waals surface area contributed by atoms with E-state index in [1.54, 1.807) is 32.4 Å². The summed E-state index contributed by atoms with van der Waals surface area (Å²) in [5, 5.41) is 8.82. The molecule has 0 N–H and O–H groups in total. The highest BCUT2D eigenvalue weighted by atomic mass is 16.5. The number of ether oxygens (including phenoxy) is 3. The summed E-state index contributed by atoms with van der Waals surface area (Å²) in [7, 11) is 3.27. The molecule has 0 spiro atoms. The summed E-state index contributed by atoms with van der Waals surface area (Å²) in [5.41, 5.74) is 1.50. The first-order chi connectivity index (χ1) is 8.31. The molecule has 0 saturated carbocycles. The van der Waals surface area contributed by atoms with Crippen LogP contribution in [0.2, 0.25) is 0 Å². The first-order valence-corrected chi connectivity index (χ1v) is 5.45. The average molecular weight is 235 g/mol. The van der Waals surface area contributed by atoms with E-state index in [-0.39, 0.29) is 0 Å². The Kier molecular flexibility index (Phi) is 6.08. The fourth-order valence-electron chi connectivity index (χ4n) is 1.45. The van der Waals surface area contributed by atoms with Crippen LogP contribution in [0.15, 0.2) is 18.2 Å². The molecule has 0 aliphatic rings. The van der Waals surface area contributed by atoms with Gasteiger partial charge in [-0.25, -0.2) is 0 Å². The van der Waals surface area contributed by atoms with Crippen LogP contribution in [0.1, 0.15) is 17.5 Å². The molecule has 1 aromatic carbocycles. The van der Waals surface area contributed by atoms with Crippen molar-refractivity contribution < 1.29 is 14.2 Å². The lowest BCUT2D eigenvalue weighted by Gasteiger charge is -2.09. The molecular weight excluding hydrogens is 218 g/mol. The van der Waals surface area contributed by atoms with Gasteiger partial charge in [0.1, 0.15) is 5.75 Å². The summed E-state index contributed by atoms with van der Waals surface area (Å²) >= 11 is 0. The standard InChI is InChI=1S/C13H17NO3/c1-15-6-3-7-17-10-12-8-11(9-14)4-5-13(12)16-2/h4-5,8H,3,6-7,10H2,1-2H3. The molecule has 0 aliphatic heterocycles. The predicted molar refractivity (Wildman–Crippen MR) is 63.9 cm³/mol. The lowest BCUT2D eigenvalue weighted by atomic mass is 10.1. The molecule has 0 bridgehead atoms. The summed E-state index contributed by atoms with van der Waals surface area (Å²) < 4.78 is 15.6. The van der Waals surface area contributed by atoms with Crippen LogP contribution in [-0.4, -0.2) is 27.4 Å². The van der Waals surface area contributed by atoms with Gasteiger partial charge in [-0.05, 0) is 24.6 Å². The van der Waals surface area contributed by atoms with Crippen LogP contribution in [0.25, 0.3) is 0 Å². The maximum absolute atomic E-state index is 8.82. The molecule has 4 heteroatoms. The Morgan fingerprint density at radius 2 is 2.06 bits per heavy atom. The van der Waals surface area contributed by atoms with E-state index in [2.05, 4.69) is 6.07 Å². The Morgan fingerprint density at radius 3 is 2.71 bits per heavy atom. The number of nitrogens with zero attached hydrogens (tertiary/aromatic N) is 1. The lowest BCUT2D eigenvalue weighted by molar-refractivity contribution is 0.0916. The van der Waals surface area contributed by atoms with Crippen LogP contribution in [-0.2, 0) is 16.1 Å². The van der Waals surface area contributed by atoms with Gasteiger partial charge in [0, 0.05) is 25.9 Å². The second-order valence-corrected chi connectivity index (χ2v) is 3.54. The minimum Gasteiger partial charge on any atom is -0.496 e. The highest BCUT2D eigenvalue weighted by molar-refractivity contribution is 5.41. The molecule has 17 heavy (non-hydrogen) atoms. The number of nitriles is 1. The molecule has 0 heterocycles. The van der Waals surface area contributed by atoms with Crippen LogP contribution in [0.4, 0.5) is 0 Å². The van der Waals surface area contributed by atoms with Gasteiger partial charge in [-0.3, -0.25) is 0 Å². The Balaban J connectivity index is 2.53. The van der Waals surface area contributed by atoms with Crippen molar-refractivity contribution in [3.8, 4) is 11.8 Å². The van der Waals surface area contributed by atoms with E-state index in [4.69, 9.17) is 19.5 Å². The van der Waals surface area contributed by atoms with E-state index in [1.165, 1.54) is 0 Å². The molecule has 92 valence electrons. The van der Waals surface area contributed by atoms with Gasteiger partial charge in [0.2, 0.25) is 0 Å². The first-order valence-electron chi connectivity index (χ1n) is 5.45. The van der Waals surface area contributed by atoms with Crippen molar-refractivity contribution in [2.24, 2.45) is 0 Å². The normalized spacial score (nSPS) is 9.94. The van der Waals surface area contributed by atoms with Crippen molar-refractivity contribution in [3.05, 3.63) is 29.3 Å². The third-order valence-electron chi connectivity index (χ3n) is 2.30. The zero-order valence-electron chi connectivity index (χ0n) is 10.2. The maximum Gasteiger partial charge on any atom is 0.124 e. The third kappa shape index (κ3) is 4.43. The van der Waals surface area contributed by atoms with Crippen LogP contribution >= 0.6 is 0 Å². The SMILES string of the molecule is COCCCOCc1cc(C#N)ccc1OC. The molecule has 0 saturated heterocycles. The zero-order chi connectivity index (χ0) is 12.5. The topological polar surface area (TPSA) is 51.5 Å². The van der Waals surface area contributed by atoms with Crippen molar-refractivity contribution in [1.29, 1.82) is 5.26 Å². The van der Waals surface area contributed by atoms with Crippen LogP contribution in [0, 0.1) is 11.3 Å². The minimum atomic E-state index is 0.447. The van der Waals surface area contributed by atoms with Gasteiger partial charge in [0.05, 0.1) is 25.3 Å². The highest BCUT2D eigenvalue weighted by Crippen LogP contribution is 2.20. The Morgan fingerprint density at radius 1 is 1.24 bits per heavy atom. The second kappa shape index (κ2) is 7.66. The number of methoxy groups -OCH3 is 2. The Bertz CT molecular complexity index is 385. The quantitative estimate of drug-likeness (QED) is 0.679. The van der Waals surface area contributed by atoms with Crippen molar-refractivity contribution in [1.82, 2.24) is 0 Å². The fourth-order valence-corrected chi connectivity index (χ4v) is 1.45. The van der Waals surface area contributed by atoms with Gasteiger partial charge >= 0.3 is 0 Å². The van der Waals surface area contributed by atoms with Gasteiger partial charge < -0.3 is 14.2 Å². The van der Waals surface area contributed by atoms with Gasteiger partial charge in [-0.2, -0.15) is 5.26 Å². The first kappa shape index (κ1) is 13.5. The molecule has 1 rings (SSSR count). The highest BCUT2D eigenvalue weighted by Gasteiger charge is 2.04. The third-order valence-corrected chi connectivity index (χ3v) is 2.30. The molecule has 0 fully saturated rings. The van der Waals surface area contributed by atoms with Crippen LogP contribution in [0.5, 0.6) is 5.75 Å². The Labute approximate surface area is 102 Å². The molecule has 0 radical (unpaired) electrons. The summed E-state index contributed by atoms with van der Waals surface area (Å²) in [6.45, 7) is 1.77. The smallest absolute Gasteiger partial charge is 0.124 e. The van der Waals surface area contributed by atoms with Crippen molar-refractivity contribution in [2.75, 3.05) is 27.4 Å². The molecule has 0 aromatic heterocycles. The molecule has 0 amide bonds. The van der Waals surface area contributed by atoms with Gasteiger partial charge in [0.25, 0.3) is 0 Å². The summed E-state index contributed by atoms with van der Waals surface area (Å²) in [6.07, 6.45) is 0.858. The number of hydrogen-bond donors (Lipinski definition) is 0. The molecule has 4 nitrogen and oxygen atoms in total. The number of hydrogen-bond acceptors (Lipinski definition) is 4. The summed E-state index contributed by atoms with van der Waals surface area (Å²) in [4.78, 5) is 0. The van der Waals surface area contributed by atoms with Gasteiger partial charge in [0.15, 0.2) is 0 Å². The van der Waals surface area contributed by atoms with E-state index in [0.29, 0.717) is 25.4 Å². The van der Waals surface area contributed by atoms with Gasteiger partial charge in [-0.15, -0.1) is 0 Å².